The molecule has 0 aliphatic carbocycles. The maximum atomic E-state index is 13.6. The summed E-state index contributed by atoms with van der Waals surface area (Å²) in [4.78, 5) is 16.9. The van der Waals surface area contributed by atoms with Crippen LogP contribution in [-0.4, -0.2) is 94.6 Å². The van der Waals surface area contributed by atoms with Crippen LogP contribution in [0.5, 0.6) is 5.75 Å². The van der Waals surface area contributed by atoms with Gasteiger partial charge in [0.25, 0.3) is 0 Å². The summed E-state index contributed by atoms with van der Waals surface area (Å²) in [5.41, 5.74) is 1.35. The fourth-order valence-corrected chi connectivity index (χ4v) is 6.87. The SMILES string of the molecule is COc1cc(C)c(S(=O)(=O)N2CCCCC2COCC(=O)N2CC[C@@H](N(C)C)C2)c(C)c1. The van der Waals surface area contributed by atoms with Crippen LogP contribution in [0.4, 0.5) is 0 Å². The molecule has 0 saturated carbocycles. The average molecular weight is 468 g/mol. The van der Waals surface area contributed by atoms with E-state index in [9.17, 15) is 13.2 Å². The summed E-state index contributed by atoms with van der Waals surface area (Å²) in [5.74, 6) is 0.621. The summed E-state index contributed by atoms with van der Waals surface area (Å²) in [6, 6.07) is 3.63. The molecule has 2 aliphatic rings. The van der Waals surface area contributed by atoms with Crippen LogP contribution in [0.1, 0.15) is 36.8 Å². The third kappa shape index (κ3) is 5.44. The molecule has 0 radical (unpaired) electrons. The van der Waals surface area contributed by atoms with Crippen molar-refractivity contribution in [1.82, 2.24) is 14.1 Å². The average Bonchev–Trinajstić information content (AvgIpc) is 3.24. The fourth-order valence-electron chi connectivity index (χ4n) is 4.77. The lowest BCUT2D eigenvalue weighted by atomic mass is 10.1. The topological polar surface area (TPSA) is 79.4 Å². The number of likely N-dealkylation sites (tertiary alicyclic amines) is 1. The number of likely N-dealkylation sites (N-methyl/N-ethyl adjacent to an activating group) is 1. The second kappa shape index (κ2) is 10.5. The maximum absolute atomic E-state index is 13.6. The first-order valence-corrected chi connectivity index (χ1v) is 12.8. The predicted molar refractivity (Wildman–Crippen MR) is 123 cm³/mol. The first kappa shape index (κ1) is 25.0. The lowest BCUT2D eigenvalue weighted by Gasteiger charge is -2.35. The summed E-state index contributed by atoms with van der Waals surface area (Å²) < 4.78 is 39.8. The van der Waals surface area contributed by atoms with Gasteiger partial charge in [0.1, 0.15) is 12.4 Å². The second-order valence-corrected chi connectivity index (χ2v) is 10.9. The van der Waals surface area contributed by atoms with Gasteiger partial charge in [-0.15, -0.1) is 0 Å². The zero-order valence-electron chi connectivity index (χ0n) is 20.0. The Kier molecular flexibility index (Phi) is 8.19. The van der Waals surface area contributed by atoms with E-state index in [0.717, 1.165) is 38.8 Å². The standard InChI is InChI=1S/C23H37N3O5S/c1-17-12-21(30-5)13-18(2)23(17)32(28,29)26-10-7-6-8-20(26)15-31-16-22(27)25-11-9-19(14-25)24(3)4/h12-13,19-20H,6-11,14-16H2,1-5H3/t19-,20?/m1/s1. The molecule has 1 amide bonds. The van der Waals surface area contributed by atoms with Crippen molar-refractivity contribution in [2.75, 3.05) is 54.1 Å². The molecule has 2 aliphatic heterocycles. The summed E-state index contributed by atoms with van der Waals surface area (Å²) in [6.45, 7) is 5.74. The molecule has 0 bridgehead atoms. The van der Waals surface area contributed by atoms with Gasteiger partial charge in [0.05, 0.1) is 18.6 Å². The van der Waals surface area contributed by atoms with Crippen molar-refractivity contribution in [2.45, 2.75) is 56.5 Å². The van der Waals surface area contributed by atoms with Crippen molar-refractivity contribution in [1.29, 1.82) is 0 Å². The van der Waals surface area contributed by atoms with E-state index in [1.54, 1.807) is 37.4 Å². The van der Waals surface area contributed by atoms with Crippen LogP contribution in [0, 0.1) is 13.8 Å². The van der Waals surface area contributed by atoms with Crippen LogP contribution in [-0.2, 0) is 19.6 Å². The van der Waals surface area contributed by atoms with Crippen LogP contribution in [0.15, 0.2) is 17.0 Å². The molecule has 8 nitrogen and oxygen atoms in total. The highest BCUT2D eigenvalue weighted by Gasteiger charge is 2.36. The number of carbonyl (C=O) groups excluding carboxylic acids is 1. The molecule has 3 rings (SSSR count). The van der Waals surface area contributed by atoms with E-state index in [-0.39, 0.29) is 25.2 Å². The number of hydrogen-bond donors (Lipinski definition) is 0. The van der Waals surface area contributed by atoms with Crippen molar-refractivity contribution < 1.29 is 22.7 Å². The molecular formula is C23H37N3O5S. The van der Waals surface area contributed by atoms with Crippen molar-refractivity contribution in [3.8, 4) is 5.75 Å². The van der Waals surface area contributed by atoms with Gasteiger partial charge in [-0.2, -0.15) is 4.31 Å². The lowest BCUT2D eigenvalue weighted by Crippen LogP contribution is -2.46. The van der Waals surface area contributed by atoms with Crippen LogP contribution < -0.4 is 4.74 Å². The highest BCUT2D eigenvalue weighted by atomic mass is 32.2. The molecule has 2 atom stereocenters. The number of carbonyl (C=O) groups is 1. The van der Waals surface area contributed by atoms with Gasteiger partial charge in [0, 0.05) is 31.7 Å². The van der Waals surface area contributed by atoms with E-state index >= 15 is 0 Å². The lowest BCUT2D eigenvalue weighted by molar-refractivity contribution is -0.135. The number of piperidine rings is 1. The van der Waals surface area contributed by atoms with Gasteiger partial charge in [-0.3, -0.25) is 4.79 Å². The van der Waals surface area contributed by atoms with Gasteiger partial charge < -0.3 is 19.3 Å². The fraction of sp³-hybridized carbons (Fsp3) is 0.696. The minimum Gasteiger partial charge on any atom is -0.497 e. The number of nitrogens with zero attached hydrogens (tertiary/aromatic N) is 3. The van der Waals surface area contributed by atoms with E-state index < -0.39 is 10.0 Å². The Morgan fingerprint density at radius 3 is 2.41 bits per heavy atom. The Morgan fingerprint density at radius 1 is 1.12 bits per heavy atom. The van der Waals surface area contributed by atoms with Gasteiger partial charge in [0.2, 0.25) is 15.9 Å². The van der Waals surface area contributed by atoms with Crippen LogP contribution in [0.2, 0.25) is 0 Å². The summed E-state index contributed by atoms with van der Waals surface area (Å²) in [7, 11) is 1.94. The monoisotopic (exact) mass is 467 g/mol. The van der Waals surface area contributed by atoms with Gasteiger partial charge in [0.15, 0.2) is 0 Å². The molecule has 0 N–H and O–H groups in total. The molecule has 2 fully saturated rings. The minimum atomic E-state index is -3.68. The third-order valence-electron chi connectivity index (χ3n) is 6.59. The molecule has 2 heterocycles. The number of methoxy groups -OCH3 is 1. The number of sulfonamides is 1. The first-order valence-electron chi connectivity index (χ1n) is 11.3. The molecular weight excluding hydrogens is 430 g/mol. The highest BCUT2D eigenvalue weighted by Crippen LogP contribution is 2.32. The van der Waals surface area contributed by atoms with Crippen LogP contribution >= 0.6 is 0 Å². The Morgan fingerprint density at radius 2 is 1.81 bits per heavy atom. The summed E-state index contributed by atoms with van der Waals surface area (Å²) >= 11 is 0. The predicted octanol–water partition coefficient (Wildman–Crippen LogP) is 2.03. The molecule has 1 aromatic rings. The summed E-state index contributed by atoms with van der Waals surface area (Å²) in [6.07, 6.45) is 3.47. The smallest absolute Gasteiger partial charge is 0.248 e. The number of amides is 1. The van der Waals surface area contributed by atoms with Gasteiger partial charge in [-0.25, -0.2) is 8.42 Å². The Bertz CT molecular complexity index is 895. The number of rotatable bonds is 8. The van der Waals surface area contributed by atoms with E-state index in [4.69, 9.17) is 9.47 Å². The van der Waals surface area contributed by atoms with Crippen LogP contribution in [0.25, 0.3) is 0 Å². The highest BCUT2D eigenvalue weighted by molar-refractivity contribution is 7.89. The van der Waals surface area contributed by atoms with Crippen molar-refractivity contribution in [3.63, 3.8) is 0 Å². The minimum absolute atomic E-state index is 0.00880. The number of benzene rings is 1. The molecule has 2 saturated heterocycles. The Balaban J connectivity index is 1.65. The quantitative estimate of drug-likeness (QED) is 0.582. The largest absolute Gasteiger partial charge is 0.497 e. The van der Waals surface area contributed by atoms with Gasteiger partial charge in [-0.1, -0.05) is 6.42 Å². The maximum Gasteiger partial charge on any atom is 0.248 e. The first-order chi connectivity index (χ1) is 15.1. The Hall–Kier alpha value is -1.68. The molecule has 180 valence electrons. The molecule has 0 spiro atoms. The number of hydrogen-bond acceptors (Lipinski definition) is 6. The molecule has 32 heavy (non-hydrogen) atoms. The zero-order valence-corrected chi connectivity index (χ0v) is 20.8. The number of ether oxygens (including phenoxy) is 2. The molecule has 9 heteroatoms. The Labute approximate surface area is 192 Å². The van der Waals surface area contributed by atoms with Crippen molar-refractivity contribution in [2.24, 2.45) is 0 Å². The third-order valence-corrected chi connectivity index (χ3v) is 8.85. The number of aryl methyl sites for hydroxylation is 2. The van der Waals surface area contributed by atoms with E-state index in [1.807, 2.05) is 19.0 Å². The molecule has 1 unspecified atom stereocenters. The van der Waals surface area contributed by atoms with Crippen LogP contribution in [0.3, 0.4) is 0 Å². The van der Waals surface area contributed by atoms with Gasteiger partial charge in [-0.05, 0) is 70.5 Å². The van der Waals surface area contributed by atoms with Crippen molar-refractivity contribution >= 4 is 15.9 Å². The normalized spacial score (nSPS) is 22.5. The van der Waals surface area contributed by atoms with Gasteiger partial charge >= 0.3 is 0 Å². The van der Waals surface area contributed by atoms with Crippen molar-refractivity contribution in [3.05, 3.63) is 23.3 Å². The summed E-state index contributed by atoms with van der Waals surface area (Å²) in [5, 5.41) is 0. The van der Waals surface area contributed by atoms with E-state index in [1.165, 1.54) is 0 Å². The van der Waals surface area contributed by atoms with E-state index in [2.05, 4.69) is 4.90 Å². The molecule has 1 aromatic carbocycles. The van der Waals surface area contributed by atoms with E-state index in [0.29, 0.717) is 34.4 Å². The zero-order chi connectivity index (χ0) is 23.5. The second-order valence-electron chi connectivity index (χ2n) is 9.12. The molecule has 0 aromatic heterocycles.